The van der Waals surface area contributed by atoms with Gasteiger partial charge in [-0.05, 0) is 37.5 Å². The first-order valence-electron chi connectivity index (χ1n) is 8.82. The van der Waals surface area contributed by atoms with E-state index in [0.29, 0.717) is 26.1 Å². The second-order valence-corrected chi connectivity index (χ2v) is 6.41. The average molecular weight is 356 g/mol. The molecule has 0 aliphatic heterocycles. The highest BCUT2D eigenvalue weighted by molar-refractivity contribution is 5.66. The lowest BCUT2D eigenvalue weighted by Crippen LogP contribution is -2.16. The molecule has 1 N–H and O–H groups in total. The molecule has 0 amide bonds. The van der Waals surface area contributed by atoms with Crippen LogP contribution in [-0.2, 0) is 22.6 Å². The van der Waals surface area contributed by atoms with Crippen molar-refractivity contribution in [2.75, 3.05) is 6.61 Å². The lowest BCUT2D eigenvalue weighted by atomic mass is 9.90. The molecule has 1 aliphatic rings. The van der Waals surface area contributed by atoms with Crippen molar-refractivity contribution in [2.24, 2.45) is 5.92 Å². The molecule has 2 aromatic heterocycles. The molecule has 1 unspecified atom stereocenters. The normalized spacial score (nSPS) is 16.9. The first-order valence-corrected chi connectivity index (χ1v) is 8.82. The molecule has 7 nitrogen and oxygen atoms in total. The molecule has 0 spiro atoms. The molecule has 26 heavy (non-hydrogen) atoms. The number of imidazole rings is 1. The van der Waals surface area contributed by atoms with Crippen molar-refractivity contribution < 1.29 is 14.6 Å². The van der Waals surface area contributed by atoms with E-state index in [-0.39, 0.29) is 12.3 Å². The van der Waals surface area contributed by atoms with Gasteiger partial charge in [-0.3, -0.25) is 9.48 Å². The maximum atomic E-state index is 10.9. The van der Waals surface area contributed by atoms with Crippen molar-refractivity contribution in [3.8, 4) is 0 Å². The zero-order valence-corrected chi connectivity index (χ0v) is 14.9. The molecule has 7 heteroatoms. The third kappa shape index (κ3) is 4.84. The summed E-state index contributed by atoms with van der Waals surface area (Å²) in [7, 11) is 0. The number of carboxylic acids is 1. The molecule has 0 radical (unpaired) electrons. The van der Waals surface area contributed by atoms with Gasteiger partial charge in [0.25, 0.3) is 0 Å². The van der Waals surface area contributed by atoms with E-state index in [1.807, 2.05) is 40.7 Å². The number of hydrogen-bond acceptors (Lipinski definition) is 4. The summed E-state index contributed by atoms with van der Waals surface area (Å²) in [5.41, 5.74) is 1.13. The molecule has 3 rings (SSSR count). The van der Waals surface area contributed by atoms with Crippen molar-refractivity contribution in [2.45, 2.75) is 39.3 Å². The molecule has 0 aromatic carbocycles. The zero-order valence-electron chi connectivity index (χ0n) is 14.9. The van der Waals surface area contributed by atoms with Crippen LogP contribution in [0.2, 0.25) is 0 Å². The Morgan fingerprint density at radius 3 is 2.96 bits per heavy atom. The van der Waals surface area contributed by atoms with Crippen LogP contribution in [0, 0.1) is 12.8 Å². The highest BCUT2D eigenvalue weighted by Gasteiger charge is 2.21. The van der Waals surface area contributed by atoms with Gasteiger partial charge in [0.2, 0.25) is 0 Å². The highest BCUT2D eigenvalue weighted by Crippen LogP contribution is 2.29. The minimum atomic E-state index is -0.773. The standard InChI is InChI=1S/C19H24N4O3/c1-15-20-8-10-22(15)11-12-26-18-13-16(14-23-9-2-7-21-23)3-4-17(18)5-6-19(24)25/h2-3,7-10,13,17H,4-6,11-12,14H2,1H3,(H,24,25). The lowest BCUT2D eigenvalue weighted by molar-refractivity contribution is -0.137. The number of carboxylic acid groups (broad SMARTS) is 1. The summed E-state index contributed by atoms with van der Waals surface area (Å²) < 4.78 is 9.96. The van der Waals surface area contributed by atoms with E-state index in [2.05, 4.69) is 16.2 Å². The first kappa shape index (κ1) is 18.0. The Labute approximate surface area is 152 Å². The highest BCUT2D eigenvalue weighted by atomic mass is 16.5. The Balaban J connectivity index is 1.63. The van der Waals surface area contributed by atoms with Gasteiger partial charge in [-0.25, -0.2) is 4.98 Å². The van der Waals surface area contributed by atoms with E-state index in [0.717, 1.165) is 23.6 Å². The maximum Gasteiger partial charge on any atom is 0.303 e. The smallest absolute Gasteiger partial charge is 0.303 e. The molecule has 0 saturated carbocycles. The summed E-state index contributed by atoms with van der Waals surface area (Å²) in [5.74, 6) is 1.16. The van der Waals surface area contributed by atoms with Crippen molar-refractivity contribution >= 4 is 5.97 Å². The number of ether oxygens (including phenoxy) is 1. The average Bonchev–Trinajstić information content (AvgIpc) is 3.26. The summed E-state index contributed by atoms with van der Waals surface area (Å²) in [6.07, 6.45) is 13.1. The summed E-state index contributed by atoms with van der Waals surface area (Å²) in [6.45, 7) is 3.89. The van der Waals surface area contributed by atoms with Crippen LogP contribution in [0.25, 0.3) is 0 Å². The summed E-state index contributed by atoms with van der Waals surface area (Å²) in [6, 6.07) is 1.90. The van der Waals surface area contributed by atoms with Gasteiger partial charge in [-0.1, -0.05) is 6.08 Å². The Bertz CT molecular complexity index is 790. The molecule has 0 fully saturated rings. The van der Waals surface area contributed by atoms with E-state index in [1.165, 1.54) is 0 Å². The molecule has 1 aliphatic carbocycles. The molecule has 2 heterocycles. The molecular formula is C19H24N4O3. The van der Waals surface area contributed by atoms with Gasteiger partial charge < -0.3 is 14.4 Å². The van der Waals surface area contributed by atoms with E-state index < -0.39 is 5.97 Å². The second kappa shape index (κ2) is 8.51. The zero-order chi connectivity index (χ0) is 18.4. The number of aliphatic carboxylic acids is 1. The monoisotopic (exact) mass is 356 g/mol. The summed E-state index contributed by atoms with van der Waals surface area (Å²) in [5, 5.41) is 13.2. The number of carbonyl (C=O) groups is 1. The van der Waals surface area contributed by atoms with Crippen LogP contribution in [0.5, 0.6) is 0 Å². The maximum absolute atomic E-state index is 10.9. The van der Waals surface area contributed by atoms with E-state index >= 15 is 0 Å². The summed E-state index contributed by atoms with van der Waals surface area (Å²) in [4.78, 5) is 15.1. The molecule has 138 valence electrons. The number of allylic oxidation sites excluding steroid dienone is 4. The Kier molecular flexibility index (Phi) is 5.88. The van der Waals surface area contributed by atoms with Crippen LogP contribution >= 0.6 is 0 Å². The molecule has 0 bridgehead atoms. The van der Waals surface area contributed by atoms with Gasteiger partial charge in [-0.2, -0.15) is 5.10 Å². The Morgan fingerprint density at radius 2 is 2.27 bits per heavy atom. The largest absolute Gasteiger partial charge is 0.496 e. The second-order valence-electron chi connectivity index (χ2n) is 6.41. The van der Waals surface area contributed by atoms with Gasteiger partial charge >= 0.3 is 5.97 Å². The predicted octanol–water partition coefficient (Wildman–Crippen LogP) is 2.80. The lowest BCUT2D eigenvalue weighted by Gasteiger charge is -2.24. The number of nitrogens with zero attached hydrogens (tertiary/aromatic N) is 4. The van der Waals surface area contributed by atoms with Gasteiger partial charge in [0.1, 0.15) is 12.4 Å². The number of rotatable bonds is 9. The molecule has 1 atom stereocenters. The van der Waals surface area contributed by atoms with Crippen LogP contribution in [0.3, 0.4) is 0 Å². The Hall–Kier alpha value is -2.83. The first-order chi connectivity index (χ1) is 12.6. The van der Waals surface area contributed by atoms with Gasteiger partial charge in [0.15, 0.2) is 0 Å². The molecular weight excluding hydrogens is 332 g/mol. The fourth-order valence-electron chi connectivity index (χ4n) is 3.08. The van der Waals surface area contributed by atoms with Crippen molar-refractivity contribution in [3.63, 3.8) is 0 Å². The number of aromatic nitrogens is 4. The van der Waals surface area contributed by atoms with Crippen molar-refractivity contribution in [1.82, 2.24) is 19.3 Å². The quantitative estimate of drug-likeness (QED) is 0.747. The topological polar surface area (TPSA) is 82.2 Å². The van der Waals surface area contributed by atoms with Crippen molar-refractivity contribution in [3.05, 3.63) is 60.2 Å². The van der Waals surface area contributed by atoms with Crippen LogP contribution < -0.4 is 0 Å². The number of aryl methyl sites for hydroxylation is 1. The van der Waals surface area contributed by atoms with E-state index in [4.69, 9.17) is 9.84 Å². The minimum Gasteiger partial charge on any atom is -0.496 e. The van der Waals surface area contributed by atoms with Crippen molar-refractivity contribution in [1.29, 1.82) is 0 Å². The van der Waals surface area contributed by atoms with Crippen LogP contribution in [0.4, 0.5) is 0 Å². The predicted molar refractivity (Wildman–Crippen MR) is 96.3 cm³/mol. The number of hydrogen-bond donors (Lipinski definition) is 1. The third-order valence-electron chi connectivity index (χ3n) is 4.53. The SMILES string of the molecule is Cc1nccn1CCOC1=CC(Cn2cccn2)=CCC1CCC(=O)O. The van der Waals surface area contributed by atoms with Gasteiger partial charge in [0, 0.05) is 37.1 Å². The minimum absolute atomic E-state index is 0.108. The Morgan fingerprint density at radius 1 is 1.38 bits per heavy atom. The van der Waals surface area contributed by atoms with Crippen LogP contribution in [0.15, 0.2) is 54.3 Å². The van der Waals surface area contributed by atoms with Crippen LogP contribution in [0.1, 0.15) is 25.1 Å². The van der Waals surface area contributed by atoms with E-state index in [1.54, 1.807) is 12.4 Å². The van der Waals surface area contributed by atoms with E-state index in [9.17, 15) is 4.79 Å². The van der Waals surface area contributed by atoms with Gasteiger partial charge in [0.05, 0.1) is 18.8 Å². The van der Waals surface area contributed by atoms with Gasteiger partial charge in [-0.15, -0.1) is 0 Å². The summed E-state index contributed by atoms with van der Waals surface area (Å²) >= 11 is 0. The molecule has 2 aromatic rings. The van der Waals surface area contributed by atoms with Crippen LogP contribution in [-0.4, -0.2) is 37.0 Å². The fraction of sp³-hybridized carbons (Fsp3) is 0.421. The third-order valence-corrected chi connectivity index (χ3v) is 4.53. The fourth-order valence-corrected chi connectivity index (χ4v) is 3.08. The molecule has 0 saturated heterocycles.